The summed E-state index contributed by atoms with van der Waals surface area (Å²) in [5, 5.41) is 0. The molecule has 84 valence electrons. The number of ether oxygens (including phenoxy) is 1. The van der Waals surface area contributed by atoms with Gasteiger partial charge >= 0.3 is 0 Å². The van der Waals surface area contributed by atoms with E-state index in [4.69, 9.17) is 10.5 Å². The van der Waals surface area contributed by atoms with Gasteiger partial charge in [-0.15, -0.1) is 0 Å². The molecular weight excluding hydrogens is 254 g/mol. The van der Waals surface area contributed by atoms with Gasteiger partial charge < -0.3 is 10.5 Å². The number of rotatable bonds is 6. The molecule has 1 unspecified atom stereocenters. The van der Waals surface area contributed by atoms with Crippen molar-refractivity contribution in [2.24, 2.45) is 5.73 Å². The fourth-order valence-electron chi connectivity index (χ4n) is 1.40. The van der Waals surface area contributed by atoms with Crippen LogP contribution in [0.1, 0.15) is 18.9 Å². The summed E-state index contributed by atoms with van der Waals surface area (Å²) in [6, 6.07) is 8.32. The quantitative estimate of drug-likeness (QED) is 0.808. The van der Waals surface area contributed by atoms with Crippen LogP contribution in [-0.4, -0.2) is 19.3 Å². The SMILES string of the molecule is CCCOCC(N)Cc1cccc(Br)c1. The van der Waals surface area contributed by atoms with Crippen LogP contribution in [0.25, 0.3) is 0 Å². The first kappa shape index (κ1) is 12.7. The van der Waals surface area contributed by atoms with E-state index in [1.165, 1.54) is 5.56 Å². The molecule has 0 aliphatic carbocycles. The Bertz CT molecular complexity index is 291. The van der Waals surface area contributed by atoms with Crippen molar-refractivity contribution in [1.29, 1.82) is 0 Å². The van der Waals surface area contributed by atoms with E-state index >= 15 is 0 Å². The standard InChI is InChI=1S/C12H18BrNO/c1-2-6-15-9-12(14)8-10-4-3-5-11(13)7-10/h3-5,7,12H,2,6,8-9,14H2,1H3. The van der Waals surface area contributed by atoms with Gasteiger partial charge in [0, 0.05) is 17.1 Å². The highest BCUT2D eigenvalue weighted by molar-refractivity contribution is 9.10. The summed E-state index contributed by atoms with van der Waals surface area (Å²) in [5.74, 6) is 0. The van der Waals surface area contributed by atoms with E-state index in [0.717, 1.165) is 23.9 Å². The number of nitrogens with two attached hydrogens (primary N) is 1. The Morgan fingerprint density at radius 2 is 2.27 bits per heavy atom. The molecule has 2 N–H and O–H groups in total. The Hall–Kier alpha value is -0.380. The fourth-order valence-corrected chi connectivity index (χ4v) is 1.85. The highest BCUT2D eigenvalue weighted by Gasteiger charge is 2.04. The van der Waals surface area contributed by atoms with Gasteiger partial charge in [0.05, 0.1) is 6.61 Å². The van der Waals surface area contributed by atoms with E-state index in [0.29, 0.717) is 6.61 Å². The van der Waals surface area contributed by atoms with Crippen LogP contribution in [0.5, 0.6) is 0 Å². The van der Waals surface area contributed by atoms with E-state index in [2.05, 4.69) is 35.0 Å². The minimum Gasteiger partial charge on any atom is -0.380 e. The molecule has 0 fully saturated rings. The van der Waals surface area contributed by atoms with Crippen LogP contribution in [0.15, 0.2) is 28.7 Å². The molecule has 0 radical (unpaired) electrons. The molecule has 0 aliphatic rings. The zero-order chi connectivity index (χ0) is 11.1. The molecule has 1 aromatic carbocycles. The lowest BCUT2D eigenvalue weighted by Crippen LogP contribution is -2.28. The third-order valence-electron chi connectivity index (χ3n) is 2.07. The molecular formula is C12H18BrNO. The fraction of sp³-hybridized carbons (Fsp3) is 0.500. The summed E-state index contributed by atoms with van der Waals surface area (Å²) >= 11 is 3.44. The lowest BCUT2D eigenvalue weighted by Gasteiger charge is -2.11. The summed E-state index contributed by atoms with van der Waals surface area (Å²) < 4.78 is 6.51. The molecule has 0 aliphatic heterocycles. The Labute approximate surface area is 99.9 Å². The van der Waals surface area contributed by atoms with Crippen LogP contribution in [0.4, 0.5) is 0 Å². The second-order valence-electron chi connectivity index (χ2n) is 3.67. The van der Waals surface area contributed by atoms with Gasteiger partial charge in [0.1, 0.15) is 0 Å². The highest BCUT2D eigenvalue weighted by atomic mass is 79.9. The van der Waals surface area contributed by atoms with Gasteiger partial charge in [-0.1, -0.05) is 35.0 Å². The second kappa shape index (κ2) is 6.99. The summed E-state index contributed by atoms with van der Waals surface area (Å²) in [4.78, 5) is 0. The van der Waals surface area contributed by atoms with E-state index in [1.807, 2.05) is 12.1 Å². The van der Waals surface area contributed by atoms with Crippen molar-refractivity contribution in [2.75, 3.05) is 13.2 Å². The predicted octanol–water partition coefficient (Wildman–Crippen LogP) is 2.75. The average molecular weight is 272 g/mol. The van der Waals surface area contributed by atoms with Crippen molar-refractivity contribution >= 4 is 15.9 Å². The first-order valence-corrected chi connectivity index (χ1v) is 6.09. The van der Waals surface area contributed by atoms with E-state index in [9.17, 15) is 0 Å². The summed E-state index contributed by atoms with van der Waals surface area (Å²) in [6.45, 7) is 3.53. The van der Waals surface area contributed by atoms with Gasteiger partial charge in [-0.3, -0.25) is 0 Å². The third-order valence-corrected chi connectivity index (χ3v) is 2.56. The van der Waals surface area contributed by atoms with Crippen molar-refractivity contribution < 1.29 is 4.74 Å². The normalized spacial score (nSPS) is 12.7. The third kappa shape index (κ3) is 5.30. The summed E-state index contributed by atoms with van der Waals surface area (Å²) in [7, 11) is 0. The molecule has 0 bridgehead atoms. The molecule has 0 aromatic heterocycles. The Morgan fingerprint density at radius 1 is 1.47 bits per heavy atom. The van der Waals surface area contributed by atoms with Crippen molar-refractivity contribution in [3.8, 4) is 0 Å². The van der Waals surface area contributed by atoms with Crippen molar-refractivity contribution in [2.45, 2.75) is 25.8 Å². The Morgan fingerprint density at radius 3 is 2.93 bits per heavy atom. The molecule has 0 heterocycles. The number of benzene rings is 1. The maximum atomic E-state index is 5.96. The van der Waals surface area contributed by atoms with E-state index in [-0.39, 0.29) is 6.04 Å². The zero-order valence-electron chi connectivity index (χ0n) is 9.08. The number of halogens is 1. The molecule has 1 rings (SSSR count). The lowest BCUT2D eigenvalue weighted by atomic mass is 10.1. The molecule has 0 saturated heterocycles. The van der Waals surface area contributed by atoms with Gasteiger partial charge in [0.2, 0.25) is 0 Å². The zero-order valence-corrected chi connectivity index (χ0v) is 10.7. The van der Waals surface area contributed by atoms with Gasteiger partial charge in [-0.05, 0) is 30.5 Å². The highest BCUT2D eigenvalue weighted by Crippen LogP contribution is 2.12. The molecule has 3 heteroatoms. The van der Waals surface area contributed by atoms with E-state index < -0.39 is 0 Å². The second-order valence-corrected chi connectivity index (χ2v) is 4.58. The molecule has 1 aromatic rings. The monoisotopic (exact) mass is 271 g/mol. The molecule has 0 amide bonds. The largest absolute Gasteiger partial charge is 0.380 e. The first-order chi connectivity index (χ1) is 7.22. The molecule has 0 spiro atoms. The predicted molar refractivity (Wildman–Crippen MR) is 66.9 cm³/mol. The number of hydrogen-bond acceptors (Lipinski definition) is 2. The van der Waals surface area contributed by atoms with Crippen LogP contribution < -0.4 is 5.73 Å². The lowest BCUT2D eigenvalue weighted by molar-refractivity contribution is 0.121. The van der Waals surface area contributed by atoms with Gasteiger partial charge in [0.25, 0.3) is 0 Å². The van der Waals surface area contributed by atoms with Gasteiger partial charge in [-0.2, -0.15) is 0 Å². The van der Waals surface area contributed by atoms with Crippen molar-refractivity contribution in [3.05, 3.63) is 34.3 Å². The molecule has 15 heavy (non-hydrogen) atoms. The Balaban J connectivity index is 2.34. The minimum absolute atomic E-state index is 0.0887. The summed E-state index contributed by atoms with van der Waals surface area (Å²) in [6.07, 6.45) is 1.91. The average Bonchev–Trinajstić information content (AvgIpc) is 2.18. The molecule has 2 nitrogen and oxygen atoms in total. The number of hydrogen-bond donors (Lipinski definition) is 1. The van der Waals surface area contributed by atoms with Gasteiger partial charge in [0.15, 0.2) is 0 Å². The van der Waals surface area contributed by atoms with Crippen LogP contribution in [-0.2, 0) is 11.2 Å². The molecule has 0 saturated carbocycles. The maximum Gasteiger partial charge on any atom is 0.0620 e. The maximum absolute atomic E-state index is 5.96. The van der Waals surface area contributed by atoms with Crippen molar-refractivity contribution in [3.63, 3.8) is 0 Å². The molecule has 1 atom stereocenters. The van der Waals surface area contributed by atoms with Crippen molar-refractivity contribution in [1.82, 2.24) is 0 Å². The van der Waals surface area contributed by atoms with Crippen LogP contribution in [0.3, 0.4) is 0 Å². The van der Waals surface area contributed by atoms with Crippen LogP contribution in [0, 0.1) is 0 Å². The topological polar surface area (TPSA) is 35.2 Å². The van der Waals surface area contributed by atoms with Crippen LogP contribution >= 0.6 is 15.9 Å². The Kier molecular flexibility index (Phi) is 5.91. The smallest absolute Gasteiger partial charge is 0.0620 e. The minimum atomic E-state index is 0.0887. The summed E-state index contributed by atoms with van der Waals surface area (Å²) in [5.41, 5.74) is 7.20. The first-order valence-electron chi connectivity index (χ1n) is 5.30. The van der Waals surface area contributed by atoms with Gasteiger partial charge in [-0.25, -0.2) is 0 Å². The van der Waals surface area contributed by atoms with Crippen LogP contribution in [0.2, 0.25) is 0 Å². The van der Waals surface area contributed by atoms with E-state index in [1.54, 1.807) is 0 Å².